The van der Waals surface area contributed by atoms with Gasteiger partial charge in [0.2, 0.25) is 0 Å². The zero-order valence-electron chi connectivity index (χ0n) is 11.2. The molecule has 0 spiro atoms. The molecular formula is C17H17NO. The molecule has 0 amide bonds. The van der Waals surface area contributed by atoms with Crippen molar-refractivity contribution < 1.29 is 5.11 Å². The van der Waals surface area contributed by atoms with Crippen LogP contribution in [0, 0.1) is 11.3 Å². The minimum Gasteiger partial charge on any atom is -0.392 e. The number of nitriles is 1. The molecule has 2 nitrogen and oxygen atoms in total. The van der Waals surface area contributed by atoms with Crippen molar-refractivity contribution in [1.29, 1.82) is 5.26 Å². The normalized spacial score (nSPS) is 10.5. The van der Waals surface area contributed by atoms with Gasteiger partial charge in [-0.05, 0) is 34.7 Å². The Bertz CT molecular complexity index is 623. The highest BCUT2D eigenvalue weighted by Crippen LogP contribution is 2.31. The van der Waals surface area contributed by atoms with Gasteiger partial charge in [0.15, 0.2) is 0 Å². The van der Waals surface area contributed by atoms with Gasteiger partial charge in [-0.15, -0.1) is 0 Å². The van der Waals surface area contributed by atoms with Gasteiger partial charge in [-0.1, -0.05) is 44.2 Å². The molecule has 2 aromatic rings. The molecule has 96 valence electrons. The summed E-state index contributed by atoms with van der Waals surface area (Å²) in [4.78, 5) is 0. The smallest absolute Gasteiger partial charge is 0.0998 e. The predicted octanol–water partition coefficient (Wildman–Crippen LogP) is 3.84. The van der Waals surface area contributed by atoms with Crippen molar-refractivity contribution in [2.24, 2.45) is 0 Å². The fraction of sp³-hybridized carbons (Fsp3) is 0.235. The van der Waals surface area contributed by atoms with Crippen molar-refractivity contribution in [2.45, 2.75) is 26.4 Å². The zero-order valence-corrected chi connectivity index (χ0v) is 11.2. The number of aliphatic hydroxyl groups excluding tert-OH is 1. The molecule has 0 aliphatic heterocycles. The fourth-order valence-corrected chi connectivity index (χ4v) is 2.26. The lowest BCUT2D eigenvalue weighted by atomic mass is 9.89. The van der Waals surface area contributed by atoms with Gasteiger partial charge < -0.3 is 5.11 Å². The molecule has 0 saturated heterocycles. The van der Waals surface area contributed by atoms with Crippen LogP contribution in [0.2, 0.25) is 0 Å². The van der Waals surface area contributed by atoms with Gasteiger partial charge in [0, 0.05) is 5.56 Å². The highest BCUT2D eigenvalue weighted by molar-refractivity contribution is 5.74. The summed E-state index contributed by atoms with van der Waals surface area (Å²) in [5.41, 5.74) is 4.66. The first-order valence-electron chi connectivity index (χ1n) is 6.40. The SMILES string of the molecule is CC(C)c1ccccc1-c1cc(CO)ccc1C#N. The number of hydrogen-bond acceptors (Lipinski definition) is 2. The maximum Gasteiger partial charge on any atom is 0.0998 e. The Kier molecular flexibility index (Phi) is 3.99. The molecule has 0 aliphatic rings. The van der Waals surface area contributed by atoms with Gasteiger partial charge in [0.25, 0.3) is 0 Å². The second-order valence-electron chi connectivity index (χ2n) is 4.89. The molecule has 0 fully saturated rings. The van der Waals surface area contributed by atoms with E-state index in [1.54, 1.807) is 12.1 Å². The Morgan fingerprint density at radius 2 is 1.84 bits per heavy atom. The maximum absolute atomic E-state index is 9.27. The molecule has 0 bridgehead atoms. The molecule has 0 heterocycles. The van der Waals surface area contributed by atoms with E-state index in [4.69, 9.17) is 0 Å². The topological polar surface area (TPSA) is 44.0 Å². The Morgan fingerprint density at radius 1 is 1.11 bits per heavy atom. The van der Waals surface area contributed by atoms with E-state index in [-0.39, 0.29) is 6.61 Å². The third-order valence-corrected chi connectivity index (χ3v) is 3.26. The van der Waals surface area contributed by atoms with Crippen LogP contribution in [0.25, 0.3) is 11.1 Å². The number of hydrogen-bond donors (Lipinski definition) is 1. The van der Waals surface area contributed by atoms with E-state index in [0.29, 0.717) is 11.5 Å². The van der Waals surface area contributed by atoms with Crippen LogP contribution in [0.15, 0.2) is 42.5 Å². The largest absolute Gasteiger partial charge is 0.392 e. The monoisotopic (exact) mass is 251 g/mol. The Balaban J connectivity index is 2.68. The van der Waals surface area contributed by atoms with Gasteiger partial charge >= 0.3 is 0 Å². The van der Waals surface area contributed by atoms with Gasteiger partial charge in [0.05, 0.1) is 18.2 Å². The van der Waals surface area contributed by atoms with Crippen molar-refractivity contribution in [3.05, 3.63) is 59.2 Å². The molecule has 2 heteroatoms. The second kappa shape index (κ2) is 5.69. The van der Waals surface area contributed by atoms with Crippen LogP contribution in [0.5, 0.6) is 0 Å². The van der Waals surface area contributed by atoms with Gasteiger partial charge in [-0.25, -0.2) is 0 Å². The standard InChI is InChI=1S/C17H17NO/c1-12(2)15-5-3-4-6-16(15)17-9-13(11-19)7-8-14(17)10-18/h3-9,12,19H,11H2,1-2H3. The summed E-state index contributed by atoms with van der Waals surface area (Å²) in [5, 5.41) is 18.5. The van der Waals surface area contributed by atoms with Gasteiger partial charge in [-0.2, -0.15) is 5.26 Å². The average Bonchev–Trinajstić information content (AvgIpc) is 2.46. The zero-order chi connectivity index (χ0) is 13.8. The summed E-state index contributed by atoms with van der Waals surface area (Å²) in [6.45, 7) is 4.27. The summed E-state index contributed by atoms with van der Waals surface area (Å²) in [7, 11) is 0. The van der Waals surface area contributed by atoms with E-state index in [9.17, 15) is 10.4 Å². The van der Waals surface area contributed by atoms with E-state index in [1.807, 2.05) is 24.3 Å². The molecule has 0 aliphatic carbocycles. The molecular weight excluding hydrogens is 234 g/mol. The Hall–Kier alpha value is -2.11. The minimum absolute atomic E-state index is 0.0114. The fourth-order valence-electron chi connectivity index (χ4n) is 2.26. The van der Waals surface area contributed by atoms with Crippen LogP contribution >= 0.6 is 0 Å². The number of benzene rings is 2. The quantitative estimate of drug-likeness (QED) is 0.900. The van der Waals surface area contributed by atoms with Crippen LogP contribution < -0.4 is 0 Å². The average molecular weight is 251 g/mol. The first kappa shape index (κ1) is 13.3. The lowest BCUT2D eigenvalue weighted by Gasteiger charge is -2.14. The van der Waals surface area contributed by atoms with E-state index < -0.39 is 0 Å². The predicted molar refractivity (Wildman–Crippen MR) is 76.6 cm³/mol. The molecule has 0 aromatic heterocycles. The third kappa shape index (κ3) is 2.67. The summed E-state index contributed by atoms with van der Waals surface area (Å²) >= 11 is 0. The van der Waals surface area contributed by atoms with Crippen molar-refractivity contribution in [3.8, 4) is 17.2 Å². The first-order chi connectivity index (χ1) is 9.17. The van der Waals surface area contributed by atoms with Crippen LogP contribution in [-0.2, 0) is 6.61 Å². The third-order valence-electron chi connectivity index (χ3n) is 3.26. The highest BCUT2D eigenvalue weighted by Gasteiger charge is 2.12. The molecule has 0 radical (unpaired) electrons. The molecule has 0 saturated carbocycles. The van der Waals surface area contributed by atoms with E-state index >= 15 is 0 Å². The van der Waals surface area contributed by atoms with Crippen LogP contribution in [0.4, 0.5) is 0 Å². The first-order valence-corrected chi connectivity index (χ1v) is 6.40. The van der Waals surface area contributed by atoms with Crippen LogP contribution in [0.3, 0.4) is 0 Å². The second-order valence-corrected chi connectivity index (χ2v) is 4.89. The summed E-state index contributed by atoms with van der Waals surface area (Å²) in [6, 6.07) is 15.8. The number of aliphatic hydroxyl groups is 1. The van der Waals surface area contributed by atoms with Crippen molar-refractivity contribution in [3.63, 3.8) is 0 Å². The van der Waals surface area contributed by atoms with Crippen LogP contribution in [-0.4, -0.2) is 5.11 Å². The molecule has 19 heavy (non-hydrogen) atoms. The maximum atomic E-state index is 9.27. The van der Waals surface area contributed by atoms with Gasteiger partial charge in [0.1, 0.15) is 0 Å². The van der Waals surface area contributed by atoms with Crippen LogP contribution in [0.1, 0.15) is 36.5 Å². The molecule has 2 aromatic carbocycles. The lowest BCUT2D eigenvalue weighted by molar-refractivity contribution is 0.282. The minimum atomic E-state index is -0.0114. The molecule has 0 atom stereocenters. The summed E-state index contributed by atoms with van der Waals surface area (Å²) < 4.78 is 0. The van der Waals surface area contributed by atoms with Gasteiger partial charge in [-0.3, -0.25) is 0 Å². The Morgan fingerprint density at radius 3 is 2.47 bits per heavy atom. The number of rotatable bonds is 3. The summed E-state index contributed by atoms with van der Waals surface area (Å²) in [6.07, 6.45) is 0. The molecule has 2 rings (SSSR count). The van der Waals surface area contributed by atoms with E-state index in [2.05, 4.69) is 26.0 Å². The molecule has 0 unspecified atom stereocenters. The van der Waals surface area contributed by atoms with Crippen molar-refractivity contribution in [2.75, 3.05) is 0 Å². The van der Waals surface area contributed by atoms with Crippen molar-refractivity contribution in [1.82, 2.24) is 0 Å². The Labute approximate surface area is 114 Å². The lowest BCUT2D eigenvalue weighted by Crippen LogP contribution is -1.95. The number of nitrogens with zero attached hydrogens (tertiary/aromatic N) is 1. The molecule has 1 N–H and O–H groups in total. The van der Waals surface area contributed by atoms with E-state index in [1.165, 1.54) is 5.56 Å². The summed E-state index contributed by atoms with van der Waals surface area (Å²) in [5.74, 6) is 0.389. The van der Waals surface area contributed by atoms with Crippen molar-refractivity contribution >= 4 is 0 Å². The highest BCUT2D eigenvalue weighted by atomic mass is 16.3. The van der Waals surface area contributed by atoms with E-state index in [0.717, 1.165) is 16.7 Å².